The average molecular weight is 252 g/mol. The molecule has 3 rings (SSSR count). The van der Waals surface area contributed by atoms with Crippen LogP contribution in [0.2, 0.25) is 0 Å². The molecule has 2 atom stereocenters. The van der Waals surface area contributed by atoms with Gasteiger partial charge < -0.3 is 16.3 Å². The first-order valence-corrected chi connectivity index (χ1v) is 7.16. The fourth-order valence-corrected chi connectivity index (χ4v) is 3.68. The Labute approximate surface area is 108 Å². The Morgan fingerprint density at radius 3 is 2.94 bits per heavy atom. The molecule has 0 spiro atoms. The van der Waals surface area contributed by atoms with Crippen LogP contribution in [-0.4, -0.2) is 47.7 Å². The van der Waals surface area contributed by atoms with Crippen LogP contribution in [0.1, 0.15) is 38.5 Å². The quantitative estimate of drug-likeness (QED) is 0.292. The highest BCUT2D eigenvalue weighted by Gasteiger charge is 2.45. The minimum Gasteiger partial charge on any atom is -0.409 e. The van der Waals surface area contributed by atoms with Gasteiger partial charge in [-0.15, -0.1) is 0 Å². The summed E-state index contributed by atoms with van der Waals surface area (Å²) >= 11 is 0. The maximum atomic E-state index is 8.66. The van der Waals surface area contributed by atoms with E-state index in [9.17, 15) is 0 Å². The van der Waals surface area contributed by atoms with E-state index in [1.54, 1.807) is 0 Å². The fraction of sp³-hybridized carbons (Fsp3) is 0.923. The van der Waals surface area contributed by atoms with Crippen molar-refractivity contribution in [2.45, 2.75) is 50.6 Å². The lowest BCUT2D eigenvalue weighted by molar-refractivity contribution is 0.289. The maximum absolute atomic E-state index is 8.66. The lowest BCUT2D eigenvalue weighted by Crippen LogP contribution is -2.42. The molecule has 0 bridgehead atoms. The normalized spacial score (nSPS) is 34.8. The molecule has 0 radical (unpaired) electrons. The monoisotopic (exact) mass is 252 g/mol. The van der Waals surface area contributed by atoms with Gasteiger partial charge in [0.25, 0.3) is 0 Å². The number of hydrogen-bond donors (Lipinski definition) is 3. The van der Waals surface area contributed by atoms with Gasteiger partial charge in [0.15, 0.2) is 0 Å². The van der Waals surface area contributed by atoms with Gasteiger partial charge >= 0.3 is 0 Å². The second kappa shape index (κ2) is 4.70. The summed E-state index contributed by atoms with van der Waals surface area (Å²) < 4.78 is 0. The van der Waals surface area contributed by atoms with Crippen molar-refractivity contribution in [2.24, 2.45) is 16.3 Å². The molecule has 102 valence electrons. The van der Waals surface area contributed by atoms with E-state index in [2.05, 4.69) is 15.4 Å². The summed E-state index contributed by atoms with van der Waals surface area (Å²) in [6, 6.07) is 1.43. The molecular weight excluding hydrogens is 228 g/mol. The van der Waals surface area contributed by atoms with Crippen molar-refractivity contribution in [3.63, 3.8) is 0 Å². The third-order valence-electron chi connectivity index (χ3n) is 4.99. The van der Waals surface area contributed by atoms with Gasteiger partial charge in [-0.25, -0.2) is 0 Å². The maximum Gasteiger partial charge on any atom is 0.139 e. The number of hydrogen-bond acceptors (Lipinski definition) is 4. The van der Waals surface area contributed by atoms with Crippen molar-refractivity contribution in [3.8, 4) is 0 Å². The van der Waals surface area contributed by atoms with E-state index < -0.39 is 0 Å². The Hall–Kier alpha value is -0.810. The number of nitrogens with two attached hydrogens (primary N) is 1. The van der Waals surface area contributed by atoms with Crippen LogP contribution < -0.4 is 11.1 Å². The molecule has 3 fully saturated rings. The van der Waals surface area contributed by atoms with Crippen molar-refractivity contribution in [1.82, 2.24) is 10.2 Å². The molecule has 2 unspecified atom stereocenters. The lowest BCUT2D eigenvalue weighted by Gasteiger charge is -2.24. The van der Waals surface area contributed by atoms with Crippen LogP contribution in [0, 0.1) is 5.41 Å². The van der Waals surface area contributed by atoms with Crippen LogP contribution >= 0.6 is 0 Å². The third-order valence-corrected chi connectivity index (χ3v) is 4.99. The second-order valence-corrected chi connectivity index (χ2v) is 6.29. The molecule has 1 saturated carbocycles. The van der Waals surface area contributed by atoms with Gasteiger partial charge in [-0.2, -0.15) is 0 Å². The Bertz CT molecular complexity index is 340. The number of fused-ring (bicyclic) bond motifs is 1. The molecule has 5 heteroatoms. The SMILES string of the molecule is NC(CC1(CNC2CCN3CCCC23)CC1)=NO. The zero-order chi connectivity index (χ0) is 12.6. The molecule has 2 saturated heterocycles. The van der Waals surface area contributed by atoms with Gasteiger partial charge in [-0.1, -0.05) is 5.16 Å². The molecular formula is C13H24N4O. The molecule has 18 heavy (non-hydrogen) atoms. The molecule has 2 heterocycles. The van der Waals surface area contributed by atoms with Crippen molar-refractivity contribution in [2.75, 3.05) is 19.6 Å². The number of nitrogens with zero attached hydrogens (tertiary/aromatic N) is 2. The Kier molecular flexibility index (Phi) is 3.20. The van der Waals surface area contributed by atoms with Gasteiger partial charge in [0.1, 0.15) is 5.84 Å². The number of amidine groups is 1. The van der Waals surface area contributed by atoms with Crippen molar-refractivity contribution in [1.29, 1.82) is 0 Å². The number of oxime groups is 1. The molecule has 0 aromatic heterocycles. The fourth-order valence-electron chi connectivity index (χ4n) is 3.68. The Morgan fingerprint density at radius 2 is 2.22 bits per heavy atom. The van der Waals surface area contributed by atoms with E-state index in [-0.39, 0.29) is 5.41 Å². The van der Waals surface area contributed by atoms with Crippen LogP contribution in [0.3, 0.4) is 0 Å². The van der Waals surface area contributed by atoms with Crippen LogP contribution in [-0.2, 0) is 0 Å². The lowest BCUT2D eigenvalue weighted by atomic mass is 10.00. The molecule has 4 N–H and O–H groups in total. The van der Waals surface area contributed by atoms with E-state index in [0.29, 0.717) is 11.9 Å². The molecule has 3 aliphatic rings. The minimum atomic E-state index is 0.280. The predicted molar refractivity (Wildman–Crippen MR) is 70.7 cm³/mol. The molecule has 5 nitrogen and oxygen atoms in total. The van der Waals surface area contributed by atoms with E-state index in [1.165, 1.54) is 45.2 Å². The standard InChI is InChI=1S/C13H24N4O/c14-12(16-18)8-13(4-5-13)9-15-10-3-7-17-6-1-2-11(10)17/h10-11,15,18H,1-9H2,(H2,14,16). The van der Waals surface area contributed by atoms with Gasteiger partial charge in [0.05, 0.1) is 0 Å². The Morgan fingerprint density at radius 1 is 1.39 bits per heavy atom. The minimum absolute atomic E-state index is 0.280. The smallest absolute Gasteiger partial charge is 0.139 e. The van der Waals surface area contributed by atoms with E-state index >= 15 is 0 Å². The summed E-state index contributed by atoms with van der Waals surface area (Å²) in [4.78, 5) is 2.63. The first-order valence-electron chi connectivity index (χ1n) is 7.16. The molecule has 2 aliphatic heterocycles. The molecule has 0 amide bonds. The van der Waals surface area contributed by atoms with Crippen molar-refractivity contribution in [3.05, 3.63) is 0 Å². The second-order valence-electron chi connectivity index (χ2n) is 6.29. The van der Waals surface area contributed by atoms with Crippen LogP contribution in [0.25, 0.3) is 0 Å². The van der Waals surface area contributed by atoms with E-state index in [4.69, 9.17) is 10.9 Å². The van der Waals surface area contributed by atoms with Gasteiger partial charge in [-0.3, -0.25) is 4.90 Å². The van der Waals surface area contributed by atoms with Gasteiger partial charge in [-0.05, 0) is 44.1 Å². The predicted octanol–water partition coefficient (Wildman–Crippen LogP) is 0.729. The zero-order valence-corrected chi connectivity index (χ0v) is 10.9. The largest absolute Gasteiger partial charge is 0.409 e. The van der Waals surface area contributed by atoms with Gasteiger partial charge in [0, 0.05) is 31.6 Å². The summed E-state index contributed by atoms with van der Waals surface area (Å²) in [7, 11) is 0. The van der Waals surface area contributed by atoms with Crippen molar-refractivity contribution >= 4 is 5.84 Å². The first kappa shape index (κ1) is 12.2. The van der Waals surface area contributed by atoms with Gasteiger partial charge in [0.2, 0.25) is 0 Å². The summed E-state index contributed by atoms with van der Waals surface area (Å²) in [5.41, 5.74) is 5.91. The topological polar surface area (TPSA) is 73.9 Å². The van der Waals surface area contributed by atoms with E-state index in [0.717, 1.165) is 19.0 Å². The molecule has 1 aliphatic carbocycles. The van der Waals surface area contributed by atoms with Crippen LogP contribution in [0.15, 0.2) is 5.16 Å². The molecule has 0 aromatic rings. The summed E-state index contributed by atoms with van der Waals surface area (Å²) in [5.74, 6) is 0.378. The van der Waals surface area contributed by atoms with Crippen LogP contribution in [0.5, 0.6) is 0 Å². The highest BCUT2D eigenvalue weighted by atomic mass is 16.4. The summed E-state index contributed by atoms with van der Waals surface area (Å²) in [6.07, 6.45) is 7.14. The average Bonchev–Trinajstić information content (AvgIpc) is 2.81. The van der Waals surface area contributed by atoms with E-state index in [1.807, 2.05) is 0 Å². The highest BCUT2D eigenvalue weighted by molar-refractivity contribution is 5.80. The summed E-state index contributed by atoms with van der Waals surface area (Å²) in [5, 5.41) is 15.5. The highest BCUT2D eigenvalue weighted by Crippen LogP contribution is 2.48. The molecule has 0 aromatic carbocycles. The van der Waals surface area contributed by atoms with Crippen LogP contribution in [0.4, 0.5) is 0 Å². The van der Waals surface area contributed by atoms with Crippen molar-refractivity contribution < 1.29 is 5.21 Å². The number of rotatable bonds is 5. The third kappa shape index (κ3) is 2.34. The Balaban J connectivity index is 1.49. The first-order chi connectivity index (χ1) is 8.72. The number of nitrogens with one attached hydrogen (secondary N) is 1. The summed E-state index contributed by atoms with van der Waals surface area (Å²) in [6.45, 7) is 3.58. The zero-order valence-electron chi connectivity index (χ0n) is 10.9.